The Morgan fingerprint density at radius 3 is 2.66 bits per heavy atom. The highest BCUT2D eigenvalue weighted by Gasteiger charge is 2.24. The van der Waals surface area contributed by atoms with Crippen LogP contribution in [0.4, 0.5) is 4.39 Å². The van der Waals surface area contributed by atoms with Gasteiger partial charge in [0.1, 0.15) is 11.6 Å². The lowest BCUT2D eigenvalue weighted by molar-refractivity contribution is 0.0949. The van der Waals surface area contributed by atoms with Crippen molar-refractivity contribution in [2.24, 2.45) is 0 Å². The lowest BCUT2D eigenvalue weighted by atomic mass is 10.2. The maximum absolute atomic E-state index is 14.2. The maximum atomic E-state index is 14.2. The summed E-state index contributed by atoms with van der Waals surface area (Å²) >= 11 is 0. The summed E-state index contributed by atoms with van der Waals surface area (Å²) in [5.41, 5.74) is 0.374. The van der Waals surface area contributed by atoms with Gasteiger partial charge in [-0.3, -0.25) is 9.20 Å². The number of amides is 1. The highest BCUT2D eigenvalue weighted by Crippen LogP contribution is 2.19. The molecule has 0 aliphatic carbocycles. The Bertz CT molecular complexity index is 1130. The van der Waals surface area contributed by atoms with E-state index in [-0.39, 0.29) is 30.1 Å². The van der Waals surface area contributed by atoms with Gasteiger partial charge in [0.2, 0.25) is 10.0 Å². The first-order chi connectivity index (χ1) is 13.9. The van der Waals surface area contributed by atoms with Crippen LogP contribution in [-0.2, 0) is 16.4 Å². The number of carbonyl (C=O) groups is 1. The molecule has 0 saturated heterocycles. The Hall–Kier alpha value is -2.85. The van der Waals surface area contributed by atoms with Crippen molar-refractivity contribution in [1.82, 2.24) is 24.2 Å². The zero-order chi connectivity index (χ0) is 21.0. The second-order valence-electron chi connectivity index (χ2n) is 6.28. The Balaban J connectivity index is 1.73. The molecule has 29 heavy (non-hydrogen) atoms. The third-order valence-corrected chi connectivity index (χ3v) is 6.59. The summed E-state index contributed by atoms with van der Waals surface area (Å²) in [6, 6.07) is 8.74. The molecule has 154 valence electrons. The molecule has 2 heterocycles. The lowest BCUT2D eigenvalue weighted by Gasteiger charge is -2.18. The van der Waals surface area contributed by atoms with E-state index in [1.165, 1.54) is 10.4 Å². The second-order valence-corrected chi connectivity index (χ2v) is 8.22. The minimum atomic E-state index is -3.79. The second kappa shape index (κ2) is 8.66. The van der Waals surface area contributed by atoms with Gasteiger partial charge in [0.15, 0.2) is 5.65 Å². The molecule has 0 atom stereocenters. The number of nitrogens with zero attached hydrogens (tertiary/aromatic N) is 4. The van der Waals surface area contributed by atoms with Crippen LogP contribution in [-0.4, -0.2) is 52.9 Å². The first-order valence-corrected chi connectivity index (χ1v) is 10.7. The van der Waals surface area contributed by atoms with Gasteiger partial charge in [-0.1, -0.05) is 19.9 Å². The van der Waals surface area contributed by atoms with Crippen LogP contribution in [0.3, 0.4) is 0 Å². The molecule has 1 N–H and O–H groups in total. The number of halogens is 1. The highest BCUT2D eigenvalue weighted by molar-refractivity contribution is 7.89. The summed E-state index contributed by atoms with van der Waals surface area (Å²) in [6.07, 6.45) is 2.20. The average molecular weight is 419 g/mol. The van der Waals surface area contributed by atoms with E-state index in [2.05, 4.69) is 15.5 Å². The first-order valence-electron chi connectivity index (χ1n) is 9.25. The molecule has 3 rings (SSSR count). The predicted molar refractivity (Wildman–Crippen MR) is 106 cm³/mol. The van der Waals surface area contributed by atoms with Crippen LogP contribution in [0.15, 0.2) is 47.5 Å². The molecule has 8 nitrogen and oxygen atoms in total. The van der Waals surface area contributed by atoms with E-state index in [0.717, 1.165) is 12.1 Å². The normalized spacial score (nSPS) is 11.9. The van der Waals surface area contributed by atoms with Gasteiger partial charge in [-0.15, -0.1) is 10.2 Å². The molecule has 0 unspecified atom stereocenters. The molecular weight excluding hydrogens is 397 g/mol. The number of pyridine rings is 1. The third kappa shape index (κ3) is 4.28. The van der Waals surface area contributed by atoms with Crippen molar-refractivity contribution in [3.05, 3.63) is 59.8 Å². The van der Waals surface area contributed by atoms with Gasteiger partial charge in [-0.2, -0.15) is 4.31 Å². The van der Waals surface area contributed by atoms with Crippen molar-refractivity contribution in [2.75, 3.05) is 19.6 Å². The summed E-state index contributed by atoms with van der Waals surface area (Å²) in [6.45, 7) is 4.19. The van der Waals surface area contributed by atoms with Crippen LogP contribution in [0.1, 0.15) is 30.0 Å². The maximum Gasteiger partial charge on any atom is 0.254 e. The number of carbonyl (C=O) groups excluding carboxylic acids is 1. The fourth-order valence-electron chi connectivity index (χ4n) is 3.00. The number of fused-ring (bicyclic) bond motifs is 1. The summed E-state index contributed by atoms with van der Waals surface area (Å²) in [5, 5.41) is 10.7. The van der Waals surface area contributed by atoms with Crippen LogP contribution in [0, 0.1) is 5.82 Å². The number of rotatable bonds is 8. The SMILES string of the molecule is CCN(CC)S(=O)(=O)c1ccc(F)c(C(=O)NCCc2nnc3ccccn23)c1. The Kier molecular flexibility index (Phi) is 6.23. The van der Waals surface area contributed by atoms with E-state index in [1.807, 2.05) is 24.4 Å². The van der Waals surface area contributed by atoms with Crippen molar-refractivity contribution >= 4 is 21.6 Å². The molecule has 0 radical (unpaired) electrons. The van der Waals surface area contributed by atoms with E-state index in [4.69, 9.17) is 0 Å². The van der Waals surface area contributed by atoms with E-state index in [0.29, 0.717) is 17.9 Å². The minimum Gasteiger partial charge on any atom is -0.351 e. The quantitative estimate of drug-likeness (QED) is 0.601. The molecule has 1 aromatic carbocycles. The van der Waals surface area contributed by atoms with E-state index >= 15 is 0 Å². The molecule has 0 bridgehead atoms. The smallest absolute Gasteiger partial charge is 0.254 e. The molecule has 0 spiro atoms. The molecule has 0 aliphatic rings. The molecule has 0 fully saturated rings. The Morgan fingerprint density at radius 1 is 1.17 bits per heavy atom. The third-order valence-electron chi connectivity index (χ3n) is 4.54. The first kappa shape index (κ1) is 20.9. The zero-order valence-electron chi connectivity index (χ0n) is 16.2. The summed E-state index contributed by atoms with van der Waals surface area (Å²) < 4.78 is 42.5. The molecule has 1 amide bonds. The van der Waals surface area contributed by atoms with Crippen LogP contribution in [0.25, 0.3) is 5.65 Å². The molecule has 10 heteroatoms. The van der Waals surface area contributed by atoms with Gasteiger partial charge >= 0.3 is 0 Å². The van der Waals surface area contributed by atoms with Gasteiger partial charge < -0.3 is 5.32 Å². The molecule has 0 aliphatic heterocycles. The van der Waals surface area contributed by atoms with Gasteiger partial charge in [0, 0.05) is 32.3 Å². The highest BCUT2D eigenvalue weighted by atomic mass is 32.2. The number of hydrogen-bond donors (Lipinski definition) is 1. The van der Waals surface area contributed by atoms with Crippen molar-refractivity contribution in [3.63, 3.8) is 0 Å². The van der Waals surface area contributed by atoms with Crippen molar-refractivity contribution in [2.45, 2.75) is 25.2 Å². The monoisotopic (exact) mass is 419 g/mol. The fraction of sp³-hybridized carbons (Fsp3) is 0.316. The zero-order valence-corrected chi connectivity index (χ0v) is 17.0. The minimum absolute atomic E-state index is 0.115. The number of benzene rings is 1. The standard InChI is InChI=1S/C19H22FN5O3S/c1-3-24(4-2)29(27,28)14-8-9-16(20)15(13-14)19(26)21-11-10-18-23-22-17-7-5-6-12-25(17)18/h5-9,12-13H,3-4,10-11H2,1-2H3,(H,21,26). The molecule has 0 saturated carbocycles. The van der Waals surface area contributed by atoms with Gasteiger partial charge in [-0.05, 0) is 30.3 Å². The number of nitrogens with one attached hydrogen (secondary N) is 1. The van der Waals surface area contributed by atoms with Crippen LogP contribution >= 0.6 is 0 Å². The molecular formula is C19H22FN5O3S. The van der Waals surface area contributed by atoms with Crippen molar-refractivity contribution in [1.29, 1.82) is 0 Å². The van der Waals surface area contributed by atoms with E-state index in [9.17, 15) is 17.6 Å². The largest absolute Gasteiger partial charge is 0.351 e. The number of aromatic nitrogens is 3. The fourth-order valence-corrected chi connectivity index (χ4v) is 4.48. The average Bonchev–Trinajstić information content (AvgIpc) is 3.12. The summed E-state index contributed by atoms with van der Waals surface area (Å²) in [7, 11) is -3.79. The molecule has 3 aromatic rings. The van der Waals surface area contributed by atoms with Crippen LogP contribution in [0.2, 0.25) is 0 Å². The van der Waals surface area contributed by atoms with Crippen LogP contribution < -0.4 is 5.32 Å². The predicted octanol–water partition coefficient (Wildman–Crippen LogP) is 1.87. The van der Waals surface area contributed by atoms with Crippen LogP contribution in [0.5, 0.6) is 0 Å². The lowest BCUT2D eigenvalue weighted by Crippen LogP contribution is -2.31. The van der Waals surface area contributed by atoms with Gasteiger partial charge in [0.05, 0.1) is 10.5 Å². The Labute approximate surface area is 168 Å². The van der Waals surface area contributed by atoms with Gasteiger partial charge in [-0.25, -0.2) is 12.8 Å². The van der Waals surface area contributed by atoms with E-state index in [1.54, 1.807) is 18.2 Å². The Morgan fingerprint density at radius 2 is 1.93 bits per heavy atom. The van der Waals surface area contributed by atoms with Crippen molar-refractivity contribution < 1.29 is 17.6 Å². The van der Waals surface area contributed by atoms with Crippen molar-refractivity contribution in [3.8, 4) is 0 Å². The number of hydrogen-bond acceptors (Lipinski definition) is 5. The summed E-state index contributed by atoms with van der Waals surface area (Å²) in [4.78, 5) is 12.3. The van der Waals surface area contributed by atoms with Gasteiger partial charge in [0.25, 0.3) is 5.91 Å². The topological polar surface area (TPSA) is 96.7 Å². The number of sulfonamides is 1. The summed E-state index contributed by atoms with van der Waals surface area (Å²) in [5.74, 6) is -0.818. The van der Waals surface area contributed by atoms with E-state index < -0.39 is 21.7 Å². The molecule has 2 aromatic heterocycles.